The molecular formula is C11H21N3O. The molecule has 15 heavy (non-hydrogen) atoms. The molecule has 4 heteroatoms. The Balaban J connectivity index is 2.61. The predicted molar refractivity (Wildman–Crippen MR) is 61.9 cm³/mol. The lowest BCUT2D eigenvalue weighted by Gasteiger charge is -2.23. The van der Waals surface area contributed by atoms with Crippen molar-refractivity contribution in [1.29, 1.82) is 0 Å². The number of carbonyl (C=O) groups is 1. The number of hydrogen-bond donors (Lipinski definition) is 2. The molecule has 1 aliphatic heterocycles. The Bertz CT molecular complexity index is 259. The second-order valence-corrected chi connectivity index (χ2v) is 4.58. The molecule has 0 aromatic heterocycles. The Morgan fingerprint density at radius 1 is 1.40 bits per heavy atom. The van der Waals surface area contributed by atoms with Crippen LogP contribution >= 0.6 is 0 Å². The molecule has 2 N–H and O–H groups in total. The normalized spacial score (nSPS) is 17.6. The first-order chi connectivity index (χ1) is 7.02. The number of nitrogens with one attached hydrogen (secondary N) is 2. The van der Waals surface area contributed by atoms with Crippen LogP contribution in [-0.4, -0.2) is 30.9 Å². The number of ketones is 1. The summed E-state index contributed by atoms with van der Waals surface area (Å²) in [5.41, 5.74) is 0. The molecular weight excluding hydrogens is 190 g/mol. The van der Waals surface area contributed by atoms with Gasteiger partial charge in [-0.2, -0.15) is 0 Å². The Kier molecular flexibility index (Phi) is 4.12. The van der Waals surface area contributed by atoms with Crippen LogP contribution in [0.2, 0.25) is 0 Å². The molecule has 1 atom stereocenters. The highest BCUT2D eigenvalue weighted by Gasteiger charge is 2.25. The summed E-state index contributed by atoms with van der Waals surface area (Å²) in [5.74, 6) is 1.36. The third-order valence-electron chi connectivity index (χ3n) is 2.51. The van der Waals surface area contributed by atoms with Crippen LogP contribution in [0.4, 0.5) is 0 Å². The van der Waals surface area contributed by atoms with E-state index in [0.717, 1.165) is 19.0 Å². The molecule has 1 aliphatic rings. The summed E-state index contributed by atoms with van der Waals surface area (Å²) in [6.07, 6.45) is 0. The van der Waals surface area contributed by atoms with Crippen molar-refractivity contribution in [3.05, 3.63) is 0 Å². The smallest absolute Gasteiger partial charge is 0.191 e. The van der Waals surface area contributed by atoms with E-state index in [9.17, 15) is 4.79 Å². The monoisotopic (exact) mass is 211 g/mol. The van der Waals surface area contributed by atoms with E-state index in [-0.39, 0.29) is 23.7 Å². The fourth-order valence-corrected chi connectivity index (χ4v) is 1.57. The zero-order valence-corrected chi connectivity index (χ0v) is 10.0. The van der Waals surface area contributed by atoms with Crippen molar-refractivity contribution in [1.82, 2.24) is 10.6 Å². The van der Waals surface area contributed by atoms with E-state index in [2.05, 4.69) is 15.6 Å². The molecule has 0 saturated heterocycles. The average molecular weight is 211 g/mol. The van der Waals surface area contributed by atoms with Gasteiger partial charge in [-0.05, 0) is 5.92 Å². The van der Waals surface area contributed by atoms with Gasteiger partial charge in [-0.25, -0.2) is 0 Å². The van der Waals surface area contributed by atoms with Crippen LogP contribution in [-0.2, 0) is 4.79 Å². The second-order valence-electron chi connectivity index (χ2n) is 4.58. The van der Waals surface area contributed by atoms with Crippen LogP contribution in [0.5, 0.6) is 0 Å². The molecule has 4 nitrogen and oxygen atoms in total. The van der Waals surface area contributed by atoms with Crippen LogP contribution < -0.4 is 10.6 Å². The maximum absolute atomic E-state index is 11.9. The molecule has 1 unspecified atom stereocenters. The number of nitrogens with zero attached hydrogens (tertiary/aromatic N) is 1. The predicted octanol–water partition coefficient (Wildman–Crippen LogP) is 0.785. The average Bonchev–Trinajstić information content (AvgIpc) is 2.64. The first kappa shape index (κ1) is 12.0. The Morgan fingerprint density at radius 2 is 2.07 bits per heavy atom. The molecule has 0 saturated carbocycles. The van der Waals surface area contributed by atoms with Gasteiger partial charge in [-0.1, -0.05) is 27.7 Å². The summed E-state index contributed by atoms with van der Waals surface area (Å²) >= 11 is 0. The van der Waals surface area contributed by atoms with E-state index in [1.54, 1.807) is 0 Å². The van der Waals surface area contributed by atoms with Crippen molar-refractivity contribution in [3.8, 4) is 0 Å². The first-order valence-electron chi connectivity index (χ1n) is 5.61. The largest absolute Gasteiger partial charge is 0.355 e. The maximum Gasteiger partial charge on any atom is 0.191 e. The first-order valence-corrected chi connectivity index (χ1v) is 5.61. The SMILES string of the molecule is CC(C)C(=O)C(NC1=NCCN1)C(C)C. The zero-order chi connectivity index (χ0) is 11.4. The third-order valence-corrected chi connectivity index (χ3v) is 2.51. The van der Waals surface area contributed by atoms with E-state index < -0.39 is 0 Å². The standard InChI is InChI=1S/C11H21N3O/c1-7(2)9(10(15)8(3)4)14-11-12-5-6-13-11/h7-9H,5-6H2,1-4H3,(H2,12,13,14). The summed E-state index contributed by atoms with van der Waals surface area (Å²) in [7, 11) is 0. The van der Waals surface area contributed by atoms with Crippen LogP contribution in [0.15, 0.2) is 4.99 Å². The highest BCUT2D eigenvalue weighted by molar-refractivity contribution is 5.91. The molecule has 0 amide bonds. The lowest BCUT2D eigenvalue weighted by atomic mass is 9.93. The van der Waals surface area contributed by atoms with E-state index in [0.29, 0.717) is 0 Å². The number of Topliss-reactive ketones (excluding diaryl/α,β-unsaturated/α-hetero) is 1. The minimum Gasteiger partial charge on any atom is -0.355 e. The van der Waals surface area contributed by atoms with Crippen molar-refractivity contribution in [2.45, 2.75) is 33.7 Å². The van der Waals surface area contributed by atoms with Gasteiger partial charge in [0.2, 0.25) is 0 Å². The van der Waals surface area contributed by atoms with Gasteiger partial charge >= 0.3 is 0 Å². The second kappa shape index (κ2) is 5.14. The lowest BCUT2D eigenvalue weighted by Crippen LogP contribution is -2.49. The number of guanidine groups is 1. The van der Waals surface area contributed by atoms with Gasteiger partial charge in [0.05, 0.1) is 12.6 Å². The van der Waals surface area contributed by atoms with Crippen molar-refractivity contribution < 1.29 is 4.79 Å². The quantitative estimate of drug-likeness (QED) is 0.722. The summed E-state index contributed by atoms with van der Waals surface area (Å²) in [5, 5.41) is 6.31. The van der Waals surface area contributed by atoms with Gasteiger partial charge < -0.3 is 10.6 Å². The van der Waals surface area contributed by atoms with Gasteiger partial charge in [0.1, 0.15) is 0 Å². The number of hydrogen-bond acceptors (Lipinski definition) is 4. The fourth-order valence-electron chi connectivity index (χ4n) is 1.57. The highest BCUT2D eigenvalue weighted by Crippen LogP contribution is 2.09. The Morgan fingerprint density at radius 3 is 2.47 bits per heavy atom. The molecule has 0 fully saturated rings. The van der Waals surface area contributed by atoms with E-state index in [1.165, 1.54) is 0 Å². The Labute approximate surface area is 91.5 Å². The molecule has 86 valence electrons. The van der Waals surface area contributed by atoms with E-state index >= 15 is 0 Å². The van der Waals surface area contributed by atoms with Crippen molar-refractivity contribution in [2.24, 2.45) is 16.8 Å². The summed E-state index contributed by atoms with van der Waals surface area (Å²) in [6, 6.07) is -0.130. The molecule has 0 spiro atoms. The number of aliphatic imine (C=N–C) groups is 1. The Hall–Kier alpha value is -1.06. The highest BCUT2D eigenvalue weighted by atomic mass is 16.1. The van der Waals surface area contributed by atoms with Crippen molar-refractivity contribution in [3.63, 3.8) is 0 Å². The summed E-state index contributed by atoms with van der Waals surface area (Å²) in [6.45, 7) is 9.62. The van der Waals surface area contributed by atoms with Crippen LogP contribution in [0, 0.1) is 11.8 Å². The number of carbonyl (C=O) groups excluding carboxylic acids is 1. The zero-order valence-electron chi connectivity index (χ0n) is 10.0. The molecule has 1 heterocycles. The van der Waals surface area contributed by atoms with Crippen LogP contribution in [0.1, 0.15) is 27.7 Å². The summed E-state index contributed by atoms with van der Waals surface area (Å²) in [4.78, 5) is 16.2. The molecule has 0 bridgehead atoms. The maximum atomic E-state index is 11.9. The molecule has 0 aromatic carbocycles. The van der Waals surface area contributed by atoms with Gasteiger partial charge in [0.25, 0.3) is 0 Å². The van der Waals surface area contributed by atoms with E-state index in [1.807, 2.05) is 27.7 Å². The lowest BCUT2D eigenvalue weighted by molar-refractivity contribution is -0.124. The molecule has 0 radical (unpaired) electrons. The third kappa shape index (κ3) is 3.22. The van der Waals surface area contributed by atoms with Crippen LogP contribution in [0.3, 0.4) is 0 Å². The molecule has 0 aliphatic carbocycles. The number of rotatable bonds is 4. The molecule has 1 rings (SSSR count). The molecule has 0 aromatic rings. The van der Waals surface area contributed by atoms with Gasteiger partial charge in [0.15, 0.2) is 11.7 Å². The van der Waals surface area contributed by atoms with Crippen LogP contribution in [0.25, 0.3) is 0 Å². The van der Waals surface area contributed by atoms with E-state index in [4.69, 9.17) is 0 Å². The fraction of sp³-hybridized carbons (Fsp3) is 0.818. The van der Waals surface area contributed by atoms with Gasteiger partial charge in [-0.3, -0.25) is 9.79 Å². The van der Waals surface area contributed by atoms with Crippen molar-refractivity contribution >= 4 is 11.7 Å². The van der Waals surface area contributed by atoms with Gasteiger partial charge in [-0.15, -0.1) is 0 Å². The summed E-state index contributed by atoms with van der Waals surface area (Å²) < 4.78 is 0. The minimum absolute atomic E-state index is 0.0619. The van der Waals surface area contributed by atoms with Gasteiger partial charge in [0, 0.05) is 12.5 Å². The topological polar surface area (TPSA) is 53.5 Å². The van der Waals surface area contributed by atoms with Crippen molar-refractivity contribution in [2.75, 3.05) is 13.1 Å². The minimum atomic E-state index is -0.130.